The highest BCUT2D eigenvalue weighted by Gasteiger charge is 2.39. The molecule has 0 radical (unpaired) electrons. The molecule has 3 aromatic rings. The lowest BCUT2D eigenvalue weighted by atomic mass is 9.99. The van der Waals surface area contributed by atoms with Crippen LogP contribution in [0.1, 0.15) is 35.6 Å². The Kier molecular flexibility index (Phi) is 6.70. The Labute approximate surface area is 213 Å². The summed E-state index contributed by atoms with van der Waals surface area (Å²) in [7, 11) is 0. The molecule has 2 atom stereocenters. The summed E-state index contributed by atoms with van der Waals surface area (Å²) in [5, 5.41) is 10.1. The fourth-order valence-electron chi connectivity index (χ4n) is 4.14. The van der Waals surface area contributed by atoms with E-state index in [1.165, 1.54) is 11.8 Å². The van der Waals surface area contributed by atoms with E-state index in [1.54, 1.807) is 0 Å². The van der Waals surface area contributed by atoms with Crippen molar-refractivity contribution in [3.8, 4) is 0 Å². The summed E-state index contributed by atoms with van der Waals surface area (Å²) < 4.78 is 0. The summed E-state index contributed by atoms with van der Waals surface area (Å²) in [4.78, 5) is 29.7. The number of benzene rings is 3. The van der Waals surface area contributed by atoms with Crippen LogP contribution in [-0.2, 0) is 9.59 Å². The van der Waals surface area contributed by atoms with Crippen molar-refractivity contribution in [2.75, 3.05) is 5.32 Å². The molecule has 0 fully saturated rings. The number of amidine groups is 1. The van der Waals surface area contributed by atoms with Gasteiger partial charge in [0.2, 0.25) is 5.91 Å². The molecule has 8 heteroatoms. The molecule has 0 bridgehead atoms. The molecule has 35 heavy (non-hydrogen) atoms. The second kappa shape index (κ2) is 10.1. The molecule has 2 amide bonds. The first kappa shape index (κ1) is 23.3. The molecule has 0 saturated carbocycles. The van der Waals surface area contributed by atoms with E-state index in [0.717, 1.165) is 22.4 Å². The molecule has 1 N–H and O–H groups in total. The molecule has 2 heterocycles. The van der Waals surface area contributed by atoms with Crippen molar-refractivity contribution in [3.05, 3.63) is 101 Å². The van der Waals surface area contributed by atoms with Crippen molar-refractivity contribution in [2.45, 2.75) is 31.1 Å². The molecule has 2 aliphatic heterocycles. The molecule has 2 aliphatic rings. The van der Waals surface area contributed by atoms with Crippen LogP contribution in [0.25, 0.3) is 0 Å². The number of hydrogen-bond acceptors (Lipinski definition) is 5. The number of nitrogens with zero attached hydrogens (tertiary/aromatic N) is 3. The fraction of sp³-hybridized carbons (Fsp3) is 0.185. The topological polar surface area (TPSA) is 74.1 Å². The molecule has 0 saturated heterocycles. The number of aryl methyl sites for hydroxylation is 1. The lowest BCUT2D eigenvalue weighted by Gasteiger charge is -2.23. The molecule has 0 aliphatic carbocycles. The zero-order chi connectivity index (χ0) is 24.4. The average Bonchev–Trinajstić information content (AvgIpc) is 3.44. The largest absolute Gasteiger partial charge is 0.326 e. The Hall–Kier alpha value is -3.42. The number of carbonyl (C=O) groups is 2. The minimum atomic E-state index is -0.586. The van der Waals surface area contributed by atoms with Crippen molar-refractivity contribution in [1.29, 1.82) is 0 Å². The van der Waals surface area contributed by atoms with Crippen LogP contribution in [0.2, 0.25) is 5.02 Å². The van der Waals surface area contributed by atoms with Crippen LogP contribution >= 0.6 is 23.4 Å². The summed E-state index contributed by atoms with van der Waals surface area (Å²) in [6.07, 6.45) is 0.705. The minimum absolute atomic E-state index is 0.0408. The highest BCUT2D eigenvalue weighted by atomic mass is 35.5. The normalized spacial score (nSPS) is 19.5. The molecule has 0 aromatic heterocycles. The number of hydrazone groups is 1. The van der Waals surface area contributed by atoms with E-state index < -0.39 is 5.25 Å². The van der Waals surface area contributed by atoms with Gasteiger partial charge in [-0.05, 0) is 47.9 Å². The Morgan fingerprint density at radius 1 is 1.09 bits per heavy atom. The first-order valence-corrected chi connectivity index (χ1v) is 12.6. The van der Waals surface area contributed by atoms with Gasteiger partial charge in [-0.2, -0.15) is 10.1 Å². The molecule has 0 unspecified atom stereocenters. The Balaban J connectivity index is 1.34. The first-order chi connectivity index (χ1) is 17.0. The third-order valence-corrected chi connectivity index (χ3v) is 7.26. The second-order valence-electron chi connectivity index (χ2n) is 8.49. The van der Waals surface area contributed by atoms with Crippen LogP contribution in [0.3, 0.4) is 0 Å². The van der Waals surface area contributed by atoms with Gasteiger partial charge in [-0.3, -0.25) is 9.59 Å². The maximum atomic E-state index is 12.7. The van der Waals surface area contributed by atoms with Gasteiger partial charge in [0.05, 0.1) is 11.8 Å². The fourth-order valence-corrected chi connectivity index (χ4v) is 5.33. The molecular weight excluding hydrogens is 480 g/mol. The molecular formula is C27H23ClN4O2S. The summed E-state index contributed by atoms with van der Waals surface area (Å²) in [5.74, 6) is -0.537. The number of thioether (sulfide) groups is 1. The van der Waals surface area contributed by atoms with E-state index in [-0.39, 0.29) is 24.3 Å². The number of carbonyl (C=O) groups excluding carboxylic acids is 2. The van der Waals surface area contributed by atoms with Gasteiger partial charge < -0.3 is 5.32 Å². The van der Waals surface area contributed by atoms with Gasteiger partial charge >= 0.3 is 0 Å². The van der Waals surface area contributed by atoms with Crippen LogP contribution < -0.4 is 5.32 Å². The lowest BCUT2D eigenvalue weighted by Crippen LogP contribution is -2.25. The Morgan fingerprint density at radius 3 is 2.60 bits per heavy atom. The highest BCUT2D eigenvalue weighted by molar-refractivity contribution is 8.15. The third kappa shape index (κ3) is 5.31. The standard InChI is InChI=1S/C27H23ClN4O2S/c1-17-6-5-9-21(14-17)29-25(33)16-24-26(34)30-27(35-24)32-23(19-10-12-20(28)13-11-19)15-22(31-32)18-7-3-2-4-8-18/h2-14,23-24H,15-16H2,1H3,(H,29,33)/t23-,24+/m0/s1. The van der Waals surface area contributed by atoms with Gasteiger partial charge in [0, 0.05) is 23.6 Å². The summed E-state index contributed by atoms with van der Waals surface area (Å²) in [6, 6.07) is 25.1. The van der Waals surface area contributed by atoms with Crippen LogP contribution in [-0.4, -0.2) is 33.0 Å². The van der Waals surface area contributed by atoms with E-state index in [0.29, 0.717) is 22.3 Å². The minimum Gasteiger partial charge on any atom is -0.326 e. The quantitative estimate of drug-likeness (QED) is 0.476. The Morgan fingerprint density at radius 2 is 1.86 bits per heavy atom. The predicted octanol–water partition coefficient (Wildman–Crippen LogP) is 5.83. The molecule has 6 nitrogen and oxygen atoms in total. The number of anilines is 1. The summed E-state index contributed by atoms with van der Waals surface area (Å²) in [5.41, 5.74) is 4.74. The number of aliphatic imine (C=N–C) groups is 1. The van der Waals surface area contributed by atoms with E-state index in [4.69, 9.17) is 16.7 Å². The maximum Gasteiger partial charge on any atom is 0.262 e. The monoisotopic (exact) mass is 502 g/mol. The van der Waals surface area contributed by atoms with E-state index in [1.807, 2.05) is 90.8 Å². The van der Waals surface area contributed by atoms with Crippen molar-refractivity contribution in [3.63, 3.8) is 0 Å². The number of amides is 2. The maximum absolute atomic E-state index is 12.7. The molecule has 0 spiro atoms. The Bertz CT molecular complexity index is 1320. The summed E-state index contributed by atoms with van der Waals surface area (Å²) >= 11 is 7.40. The van der Waals surface area contributed by atoms with Crippen molar-refractivity contribution in [2.24, 2.45) is 10.1 Å². The zero-order valence-electron chi connectivity index (χ0n) is 19.0. The van der Waals surface area contributed by atoms with E-state index in [9.17, 15) is 9.59 Å². The first-order valence-electron chi connectivity index (χ1n) is 11.3. The van der Waals surface area contributed by atoms with Crippen molar-refractivity contribution >= 4 is 51.7 Å². The van der Waals surface area contributed by atoms with E-state index in [2.05, 4.69) is 10.3 Å². The number of hydrogen-bond donors (Lipinski definition) is 1. The zero-order valence-corrected chi connectivity index (χ0v) is 20.6. The highest BCUT2D eigenvalue weighted by Crippen LogP contribution is 2.38. The van der Waals surface area contributed by atoms with Crippen molar-refractivity contribution in [1.82, 2.24) is 5.01 Å². The van der Waals surface area contributed by atoms with Gasteiger partial charge in [-0.1, -0.05) is 78.0 Å². The van der Waals surface area contributed by atoms with Gasteiger partial charge in [0.15, 0.2) is 5.17 Å². The molecule has 3 aromatic carbocycles. The van der Waals surface area contributed by atoms with Crippen LogP contribution in [0, 0.1) is 6.92 Å². The SMILES string of the molecule is Cc1cccc(NC(=O)C[C@H]2SC(N3N=C(c4ccccc4)C[C@H]3c3ccc(Cl)cc3)=NC2=O)c1. The van der Waals surface area contributed by atoms with E-state index >= 15 is 0 Å². The van der Waals surface area contributed by atoms with Crippen LogP contribution in [0.15, 0.2) is 89.0 Å². The average molecular weight is 503 g/mol. The van der Waals surface area contributed by atoms with Crippen LogP contribution in [0.4, 0.5) is 5.69 Å². The van der Waals surface area contributed by atoms with Crippen LogP contribution in [0.5, 0.6) is 0 Å². The number of nitrogens with one attached hydrogen (secondary N) is 1. The van der Waals surface area contributed by atoms with Crippen molar-refractivity contribution < 1.29 is 9.59 Å². The second-order valence-corrected chi connectivity index (χ2v) is 10.1. The van der Waals surface area contributed by atoms with Gasteiger partial charge in [-0.25, -0.2) is 5.01 Å². The van der Waals surface area contributed by atoms with Gasteiger partial charge in [0.25, 0.3) is 5.91 Å². The molecule has 176 valence electrons. The lowest BCUT2D eigenvalue weighted by molar-refractivity contribution is -0.121. The summed E-state index contributed by atoms with van der Waals surface area (Å²) in [6.45, 7) is 1.96. The number of halogens is 1. The van der Waals surface area contributed by atoms with Gasteiger partial charge in [-0.15, -0.1) is 0 Å². The predicted molar refractivity (Wildman–Crippen MR) is 142 cm³/mol. The molecule has 5 rings (SSSR count). The number of rotatable bonds is 5. The third-order valence-electron chi connectivity index (χ3n) is 5.87. The smallest absolute Gasteiger partial charge is 0.262 e. The van der Waals surface area contributed by atoms with Gasteiger partial charge in [0.1, 0.15) is 5.25 Å².